The normalized spacial score (nSPS) is 18.6. The monoisotopic (exact) mass is 439 g/mol. The van der Waals surface area contributed by atoms with E-state index < -0.39 is 5.97 Å². The molecule has 0 bridgehead atoms. The van der Waals surface area contributed by atoms with Gasteiger partial charge in [0.25, 0.3) is 0 Å². The standard InChI is InChI=1S/C25H26FNO5/c1-16-4-2-5-18(23(16)25(28)29)13-30-21-6-3-7-22(12-21)31-14-20-15-32-24(27-20)17-8-10-19(26)11-9-17/h2,4-5,8-11,15,21-22H,3,6-7,12-14H2,1H3,(H,28,29)/t21-,22-/m0/s1. The molecule has 0 radical (unpaired) electrons. The van der Waals surface area contributed by atoms with E-state index in [0.717, 1.165) is 31.2 Å². The van der Waals surface area contributed by atoms with Crippen molar-refractivity contribution < 1.29 is 28.2 Å². The molecular weight excluding hydrogens is 413 g/mol. The summed E-state index contributed by atoms with van der Waals surface area (Å²) in [6.07, 6.45) is 5.20. The Hall–Kier alpha value is -3.03. The number of aryl methyl sites for hydroxylation is 1. The van der Waals surface area contributed by atoms with E-state index in [-0.39, 0.29) is 24.6 Å². The van der Waals surface area contributed by atoms with Crippen molar-refractivity contribution in [1.29, 1.82) is 0 Å². The van der Waals surface area contributed by atoms with E-state index in [4.69, 9.17) is 13.9 Å². The molecule has 1 aliphatic rings. The molecule has 1 aromatic heterocycles. The second-order valence-electron chi connectivity index (χ2n) is 8.10. The van der Waals surface area contributed by atoms with Crippen LogP contribution in [0.5, 0.6) is 0 Å². The Morgan fingerprint density at radius 1 is 1.12 bits per heavy atom. The maximum atomic E-state index is 13.1. The highest BCUT2D eigenvalue weighted by molar-refractivity contribution is 5.91. The van der Waals surface area contributed by atoms with E-state index in [2.05, 4.69) is 4.98 Å². The number of aromatic carboxylic acids is 1. The number of oxazole rings is 1. The Kier molecular flexibility index (Phi) is 6.97. The molecule has 7 heteroatoms. The number of nitrogens with zero attached hydrogens (tertiary/aromatic N) is 1. The summed E-state index contributed by atoms with van der Waals surface area (Å²) in [5, 5.41) is 9.48. The topological polar surface area (TPSA) is 81.8 Å². The molecule has 0 amide bonds. The molecule has 32 heavy (non-hydrogen) atoms. The summed E-state index contributed by atoms with van der Waals surface area (Å²) in [5.41, 5.74) is 3.13. The molecule has 2 aromatic carbocycles. The van der Waals surface area contributed by atoms with Crippen LogP contribution in [0, 0.1) is 12.7 Å². The summed E-state index contributed by atoms with van der Waals surface area (Å²) in [4.78, 5) is 16.0. The molecule has 2 atom stereocenters. The first kappa shape index (κ1) is 22.2. The molecule has 6 nitrogen and oxygen atoms in total. The Balaban J connectivity index is 1.29. The van der Waals surface area contributed by atoms with Crippen molar-refractivity contribution in [2.45, 2.75) is 58.0 Å². The molecule has 168 valence electrons. The zero-order valence-corrected chi connectivity index (χ0v) is 17.9. The first-order valence-electron chi connectivity index (χ1n) is 10.7. The van der Waals surface area contributed by atoms with Gasteiger partial charge in [0.2, 0.25) is 5.89 Å². The quantitative estimate of drug-likeness (QED) is 0.497. The van der Waals surface area contributed by atoms with Crippen LogP contribution in [0.2, 0.25) is 0 Å². The van der Waals surface area contributed by atoms with Gasteiger partial charge in [0.1, 0.15) is 17.8 Å². The van der Waals surface area contributed by atoms with Crippen molar-refractivity contribution in [3.05, 3.63) is 76.9 Å². The van der Waals surface area contributed by atoms with Crippen LogP contribution < -0.4 is 0 Å². The van der Waals surface area contributed by atoms with Gasteiger partial charge in [-0.1, -0.05) is 18.2 Å². The van der Waals surface area contributed by atoms with Crippen molar-refractivity contribution in [3.8, 4) is 11.5 Å². The number of benzene rings is 2. The number of carbonyl (C=O) groups is 1. The summed E-state index contributed by atoms with van der Waals surface area (Å²) < 4.78 is 30.7. The minimum absolute atomic E-state index is 0.0167. The molecule has 0 unspecified atom stereocenters. The number of ether oxygens (including phenoxy) is 2. The maximum Gasteiger partial charge on any atom is 0.336 e. The first-order chi connectivity index (χ1) is 15.5. The summed E-state index contributed by atoms with van der Waals surface area (Å²) in [6.45, 7) is 2.39. The third-order valence-corrected chi connectivity index (χ3v) is 5.74. The Morgan fingerprint density at radius 2 is 1.84 bits per heavy atom. The zero-order chi connectivity index (χ0) is 22.5. The minimum Gasteiger partial charge on any atom is -0.478 e. The Labute approximate surface area is 186 Å². The summed E-state index contributed by atoms with van der Waals surface area (Å²) >= 11 is 0. The van der Waals surface area contributed by atoms with Crippen LogP contribution >= 0.6 is 0 Å². The second kappa shape index (κ2) is 10.1. The van der Waals surface area contributed by atoms with E-state index in [1.807, 2.05) is 6.07 Å². The molecule has 1 aliphatic carbocycles. The predicted molar refractivity (Wildman–Crippen MR) is 116 cm³/mol. The predicted octanol–water partition coefficient (Wildman–Crippen LogP) is 5.53. The number of hydrogen-bond donors (Lipinski definition) is 1. The first-order valence-corrected chi connectivity index (χ1v) is 10.7. The van der Waals surface area contributed by atoms with Crippen LogP contribution in [0.25, 0.3) is 11.5 Å². The zero-order valence-electron chi connectivity index (χ0n) is 17.9. The lowest BCUT2D eigenvalue weighted by Gasteiger charge is -2.29. The molecule has 0 aliphatic heterocycles. The van der Waals surface area contributed by atoms with Gasteiger partial charge in [-0.2, -0.15) is 0 Å². The molecule has 1 heterocycles. The van der Waals surface area contributed by atoms with E-state index >= 15 is 0 Å². The summed E-state index contributed by atoms with van der Waals surface area (Å²) in [7, 11) is 0. The largest absolute Gasteiger partial charge is 0.478 e. The molecule has 1 N–H and O–H groups in total. The number of carboxylic acids is 1. The third-order valence-electron chi connectivity index (χ3n) is 5.74. The van der Waals surface area contributed by atoms with Crippen LogP contribution in [0.3, 0.4) is 0 Å². The molecule has 1 fully saturated rings. The van der Waals surface area contributed by atoms with Gasteiger partial charge in [-0.25, -0.2) is 14.2 Å². The molecule has 0 saturated heterocycles. The van der Waals surface area contributed by atoms with E-state index in [0.29, 0.717) is 34.9 Å². The fourth-order valence-electron chi connectivity index (χ4n) is 4.07. The molecule has 3 aromatic rings. The fourth-order valence-corrected chi connectivity index (χ4v) is 4.07. The van der Waals surface area contributed by atoms with Crippen LogP contribution in [-0.4, -0.2) is 28.3 Å². The van der Waals surface area contributed by atoms with E-state index in [9.17, 15) is 14.3 Å². The smallest absolute Gasteiger partial charge is 0.336 e. The second-order valence-corrected chi connectivity index (χ2v) is 8.10. The van der Waals surface area contributed by atoms with Crippen LogP contribution in [0.15, 0.2) is 53.1 Å². The minimum atomic E-state index is -0.931. The molecule has 1 saturated carbocycles. The number of aromatic nitrogens is 1. The number of rotatable bonds is 8. The van der Waals surface area contributed by atoms with Crippen LogP contribution in [0.1, 0.15) is 52.9 Å². The summed E-state index contributed by atoms with van der Waals surface area (Å²) in [6, 6.07) is 11.4. The lowest BCUT2D eigenvalue weighted by atomic mass is 9.94. The van der Waals surface area contributed by atoms with Crippen LogP contribution in [0.4, 0.5) is 4.39 Å². The molecular formula is C25H26FNO5. The van der Waals surface area contributed by atoms with E-state index in [1.54, 1.807) is 37.5 Å². The number of halogens is 1. The number of carboxylic acid groups (broad SMARTS) is 1. The highest BCUT2D eigenvalue weighted by atomic mass is 19.1. The Bertz CT molecular complexity index is 1060. The Morgan fingerprint density at radius 3 is 2.56 bits per heavy atom. The highest BCUT2D eigenvalue weighted by Crippen LogP contribution is 2.27. The van der Waals surface area contributed by atoms with Gasteiger partial charge in [0.05, 0.1) is 31.0 Å². The lowest BCUT2D eigenvalue weighted by Crippen LogP contribution is -2.28. The third kappa shape index (κ3) is 5.41. The van der Waals surface area contributed by atoms with Gasteiger partial charge >= 0.3 is 5.97 Å². The average Bonchev–Trinajstić information content (AvgIpc) is 3.26. The van der Waals surface area contributed by atoms with Gasteiger partial charge in [-0.05, 0) is 68.0 Å². The highest BCUT2D eigenvalue weighted by Gasteiger charge is 2.24. The molecule has 0 spiro atoms. The van der Waals surface area contributed by atoms with Crippen LogP contribution in [-0.2, 0) is 22.7 Å². The lowest BCUT2D eigenvalue weighted by molar-refractivity contribution is -0.0563. The van der Waals surface area contributed by atoms with Gasteiger partial charge in [-0.15, -0.1) is 0 Å². The van der Waals surface area contributed by atoms with Gasteiger partial charge in [-0.3, -0.25) is 0 Å². The SMILES string of the molecule is Cc1cccc(CO[C@H]2CCC[C@H](OCc3coc(-c4ccc(F)cc4)n3)C2)c1C(=O)O. The summed E-state index contributed by atoms with van der Waals surface area (Å²) in [5.74, 6) is -0.806. The van der Waals surface area contributed by atoms with Crippen molar-refractivity contribution >= 4 is 5.97 Å². The van der Waals surface area contributed by atoms with Crippen molar-refractivity contribution in [1.82, 2.24) is 4.98 Å². The van der Waals surface area contributed by atoms with Crippen molar-refractivity contribution in [2.24, 2.45) is 0 Å². The van der Waals surface area contributed by atoms with Gasteiger partial charge < -0.3 is 19.0 Å². The fraction of sp³-hybridized carbons (Fsp3) is 0.360. The maximum absolute atomic E-state index is 13.1. The van der Waals surface area contributed by atoms with Gasteiger partial charge in [0, 0.05) is 5.56 Å². The van der Waals surface area contributed by atoms with E-state index in [1.165, 1.54) is 12.1 Å². The van der Waals surface area contributed by atoms with Crippen molar-refractivity contribution in [3.63, 3.8) is 0 Å². The average molecular weight is 439 g/mol. The number of hydrogen-bond acceptors (Lipinski definition) is 5. The van der Waals surface area contributed by atoms with Gasteiger partial charge in [0.15, 0.2) is 0 Å². The van der Waals surface area contributed by atoms with Crippen molar-refractivity contribution in [2.75, 3.05) is 0 Å². The molecule has 4 rings (SSSR count).